The molecule has 41 heavy (non-hydrogen) atoms. The first-order valence-corrected chi connectivity index (χ1v) is 12.8. The Morgan fingerprint density at radius 2 is 1.85 bits per heavy atom. The maximum atomic E-state index is 14.0. The number of carbonyl (C=O) groups is 1. The minimum atomic E-state index is -5.07. The average molecular weight is 617 g/mol. The van der Waals surface area contributed by atoms with Gasteiger partial charge < -0.3 is 5.32 Å². The van der Waals surface area contributed by atoms with E-state index in [1.54, 1.807) is 17.4 Å². The number of rotatable bonds is 8. The van der Waals surface area contributed by atoms with Crippen LogP contribution in [0.15, 0.2) is 53.7 Å². The van der Waals surface area contributed by atoms with Gasteiger partial charge in [-0.15, -0.1) is 10.2 Å². The van der Waals surface area contributed by atoms with E-state index in [1.165, 1.54) is 41.5 Å². The molecule has 1 aliphatic rings. The summed E-state index contributed by atoms with van der Waals surface area (Å²) in [4.78, 5) is 33.9. The smallest absolute Gasteiger partial charge is 0.343 e. The molecule has 2 unspecified atom stereocenters. The lowest BCUT2D eigenvalue weighted by molar-refractivity contribution is -0.179. The van der Waals surface area contributed by atoms with Crippen LogP contribution >= 0.6 is 23.2 Å². The third-order valence-corrected chi connectivity index (χ3v) is 7.03. The van der Waals surface area contributed by atoms with E-state index >= 15 is 0 Å². The Bertz CT molecular complexity index is 1630. The van der Waals surface area contributed by atoms with Crippen molar-refractivity contribution in [2.24, 2.45) is 5.92 Å². The second-order valence-electron chi connectivity index (χ2n) is 9.25. The summed E-state index contributed by atoms with van der Waals surface area (Å²) in [6.07, 6.45) is -3.15. The highest BCUT2D eigenvalue weighted by Gasteiger charge is 2.54. The summed E-state index contributed by atoms with van der Waals surface area (Å²) in [7, 11) is 0. The van der Waals surface area contributed by atoms with Crippen molar-refractivity contribution in [3.05, 3.63) is 75.3 Å². The first-order chi connectivity index (χ1) is 19.3. The van der Waals surface area contributed by atoms with Gasteiger partial charge >= 0.3 is 11.9 Å². The second-order valence-corrected chi connectivity index (χ2v) is 10.1. The highest BCUT2D eigenvalue weighted by Crippen LogP contribution is 2.43. The van der Waals surface area contributed by atoms with E-state index in [0.29, 0.717) is 9.59 Å². The van der Waals surface area contributed by atoms with Crippen molar-refractivity contribution >= 4 is 29.1 Å². The molecule has 1 aliphatic carbocycles. The van der Waals surface area contributed by atoms with Crippen LogP contribution < -0.4 is 11.0 Å². The van der Waals surface area contributed by atoms with Crippen LogP contribution in [0.5, 0.6) is 0 Å². The summed E-state index contributed by atoms with van der Waals surface area (Å²) < 4.78 is 72.2. The Kier molecular flexibility index (Phi) is 7.59. The molecule has 4 aromatic rings. The lowest BCUT2D eigenvalue weighted by Gasteiger charge is -2.36. The van der Waals surface area contributed by atoms with E-state index in [2.05, 4.69) is 20.2 Å². The molecule has 0 radical (unpaired) electrons. The summed E-state index contributed by atoms with van der Waals surface area (Å²) in [5.74, 6) is -6.58. The normalized spacial score (nSPS) is 17.2. The summed E-state index contributed by atoms with van der Waals surface area (Å²) in [6, 6.07) is 6.32. The van der Waals surface area contributed by atoms with Gasteiger partial charge in [-0.1, -0.05) is 23.2 Å². The van der Waals surface area contributed by atoms with Gasteiger partial charge in [0, 0.05) is 23.2 Å². The molecule has 0 saturated heterocycles. The van der Waals surface area contributed by atoms with Gasteiger partial charge in [0.2, 0.25) is 5.91 Å². The SMILES string of the molecule is O=C(NC(Cn1c(-c2ccc(Cl)cc2)nn(Cc2ncn(-c3ncccc3Cl)n2)c1=O)C(F)(F)F)C1CCC1(F)F. The molecule has 0 bridgehead atoms. The molecule has 1 saturated carbocycles. The number of benzene rings is 1. The Hall–Kier alpha value is -3.85. The summed E-state index contributed by atoms with van der Waals surface area (Å²) in [6.45, 7) is -1.48. The van der Waals surface area contributed by atoms with E-state index < -0.39 is 48.6 Å². The van der Waals surface area contributed by atoms with Gasteiger partial charge in [0.1, 0.15) is 24.8 Å². The molecule has 5 rings (SSSR count). The van der Waals surface area contributed by atoms with Crippen molar-refractivity contribution in [1.29, 1.82) is 0 Å². The van der Waals surface area contributed by atoms with Crippen molar-refractivity contribution in [1.82, 2.24) is 39.4 Å². The quantitative estimate of drug-likeness (QED) is 0.298. The van der Waals surface area contributed by atoms with Crippen molar-refractivity contribution in [2.45, 2.75) is 44.1 Å². The summed E-state index contributed by atoms with van der Waals surface area (Å²) >= 11 is 12.1. The van der Waals surface area contributed by atoms with Crippen LogP contribution in [-0.4, -0.2) is 58.1 Å². The molecule has 10 nitrogen and oxygen atoms in total. The number of amides is 1. The van der Waals surface area contributed by atoms with Crippen LogP contribution in [0.1, 0.15) is 18.7 Å². The van der Waals surface area contributed by atoms with E-state index in [-0.39, 0.29) is 41.0 Å². The van der Waals surface area contributed by atoms with Gasteiger partial charge in [0.25, 0.3) is 5.92 Å². The van der Waals surface area contributed by atoms with Crippen LogP contribution in [-0.2, 0) is 17.9 Å². The maximum absolute atomic E-state index is 14.0. The zero-order valence-corrected chi connectivity index (χ0v) is 22.2. The number of aromatic nitrogens is 7. The number of hydrogen-bond donors (Lipinski definition) is 1. The molecule has 3 heterocycles. The molecule has 0 spiro atoms. The fourth-order valence-electron chi connectivity index (χ4n) is 4.19. The number of hydrogen-bond acceptors (Lipinski definition) is 6. The van der Waals surface area contributed by atoms with Gasteiger partial charge in [0.15, 0.2) is 17.5 Å². The third kappa shape index (κ3) is 5.95. The minimum Gasteiger partial charge on any atom is -0.343 e. The van der Waals surface area contributed by atoms with Crippen LogP contribution in [0.3, 0.4) is 0 Å². The summed E-state index contributed by atoms with van der Waals surface area (Å²) in [5, 5.41) is 10.7. The monoisotopic (exact) mass is 616 g/mol. The van der Waals surface area contributed by atoms with Crippen LogP contribution in [0.4, 0.5) is 22.0 Å². The fraction of sp³-hybridized carbons (Fsp3) is 0.333. The molecule has 3 aromatic heterocycles. The second kappa shape index (κ2) is 10.9. The zero-order valence-electron chi connectivity index (χ0n) is 20.7. The van der Waals surface area contributed by atoms with Gasteiger partial charge in [-0.2, -0.15) is 13.2 Å². The third-order valence-electron chi connectivity index (χ3n) is 6.48. The Morgan fingerprint density at radius 1 is 1.12 bits per heavy atom. The Morgan fingerprint density at radius 3 is 2.46 bits per heavy atom. The van der Waals surface area contributed by atoms with Gasteiger partial charge in [-0.3, -0.25) is 9.36 Å². The molecular formula is C24H19Cl2F5N8O2. The van der Waals surface area contributed by atoms with Crippen molar-refractivity contribution in [3.63, 3.8) is 0 Å². The van der Waals surface area contributed by atoms with Crippen molar-refractivity contribution in [2.75, 3.05) is 0 Å². The predicted molar refractivity (Wildman–Crippen MR) is 136 cm³/mol. The van der Waals surface area contributed by atoms with E-state index in [4.69, 9.17) is 23.2 Å². The molecule has 0 aliphatic heterocycles. The molecule has 1 aromatic carbocycles. The predicted octanol–water partition coefficient (Wildman–Crippen LogP) is 4.14. The lowest BCUT2D eigenvalue weighted by Crippen LogP contribution is -2.56. The van der Waals surface area contributed by atoms with Gasteiger partial charge in [-0.05, 0) is 42.8 Å². The Balaban J connectivity index is 1.48. The number of nitrogens with zero attached hydrogens (tertiary/aromatic N) is 7. The van der Waals surface area contributed by atoms with E-state index in [9.17, 15) is 31.5 Å². The maximum Gasteiger partial charge on any atom is 0.410 e. The number of pyridine rings is 1. The van der Waals surface area contributed by atoms with Crippen LogP contribution in [0, 0.1) is 5.92 Å². The van der Waals surface area contributed by atoms with Crippen LogP contribution in [0.25, 0.3) is 17.2 Å². The number of nitrogens with one attached hydrogen (secondary N) is 1. The van der Waals surface area contributed by atoms with E-state index in [1.807, 2.05) is 0 Å². The topological polar surface area (TPSA) is 113 Å². The van der Waals surface area contributed by atoms with Crippen molar-refractivity contribution in [3.8, 4) is 17.2 Å². The standard InChI is InChI=1S/C24H19Cl2F5N8O2/c25-14-5-3-13(4-6-14)19-36-38(11-18-33-12-39(35-18)20-16(26)2-1-9-32-20)22(41)37(19)10-17(24(29,30)31)34-21(40)15-7-8-23(15,27)28/h1-6,9,12,15,17H,7-8,10-11H2,(H,34,40). The number of alkyl halides is 5. The molecule has 1 amide bonds. The van der Waals surface area contributed by atoms with Crippen LogP contribution in [0.2, 0.25) is 10.0 Å². The molecule has 2 atom stereocenters. The van der Waals surface area contributed by atoms with E-state index in [0.717, 1.165) is 4.68 Å². The highest BCUT2D eigenvalue weighted by atomic mass is 35.5. The largest absolute Gasteiger partial charge is 0.410 e. The molecule has 1 fully saturated rings. The summed E-state index contributed by atoms with van der Waals surface area (Å²) in [5.41, 5.74) is -0.749. The first-order valence-electron chi connectivity index (χ1n) is 12.0. The van der Waals surface area contributed by atoms with Gasteiger partial charge in [0.05, 0.1) is 11.6 Å². The molecule has 1 N–H and O–H groups in total. The fourth-order valence-corrected chi connectivity index (χ4v) is 4.52. The minimum absolute atomic E-state index is 0.0639. The van der Waals surface area contributed by atoms with Gasteiger partial charge in [-0.25, -0.2) is 32.9 Å². The Labute approximate surface area is 237 Å². The molecular weight excluding hydrogens is 598 g/mol. The number of carbonyl (C=O) groups excluding carboxylic acids is 1. The number of halogens is 7. The molecule has 216 valence electrons. The zero-order chi connectivity index (χ0) is 29.5. The molecule has 17 heteroatoms. The highest BCUT2D eigenvalue weighted by molar-refractivity contribution is 6.32. The average Bonchev–Trinajstić information content (AvgIpc) is 3.48. The first kappa shape index (κ1) is 28.7. The van der Waals surface area contributed by atoms with Crippen molar-refractivity contribution < 1.29 is 26.7 Å². The lowest BCUT2D eigenvalue weighted by atomic mass is 9.80.